The molecule has 0 bridgehead atoms. The molecule has 0 radical (unpaired) electrons. The molecule has 2 aromatic rings. The molecular formula is C15H17NOS. The van der Waals surface area contributed by atoms with Gasteiger partial charge in [0.2, 0.25) is 0 Å². The van der Waals surface area contributed by atoms with E-state index in [9.17, 15) is 4.79 Å². The fourth-order valence-electron chi connectivity index (χ4n) is 1.60. The number of aromatic nitrogens is 1. The number of hydrogen-bond acceptors (Lipinski definition) is 3. The first-order valence-corrected chi connectivity index (χ1v) is 6.88. The molecule has 1 heterocycles. The third-order valence-electron chi connectivity index (χ3n) is 2.73. The van der Waals surface area contributed by atoms with E-state index in [-0.39, 0.29) is 11.2 Å². The summed E-state index contributed by atoms with van der Waals surface area (Å²) in [6.07, 6.45) is 0.394. The maximum Gasteiger partial charge on any atom is 0.169 e. The molecule has 0 fully saturated rings. The Hall–Kier alpha value is -1.48. The summed E-state index contributed by atoms with van der Waals surface area (Å²) in [7, 11) is 0. The van der Waals surface area contributed by atoms with Crippen molar-refractivity contribution >= 4 is 17.1 Å². The Kier molecular flexibility index (Phi) is 3.62. The molecule has 94 valence electrons. The van der Waals surface area contributed by atoms with E-state index >= 15 is 0 Å². The van der Waals surface area contributed by atoms with Crippen LogP contribution in [0.25, 0.3) is 0 Å². The quantitative estimate of drug-likeness (QED) is 0.783. The van der Waals surface area contributed by atoms with Gasteiger partial charge in [-0.3, -0.25) is 4.79 Å². The van der Waals surface area contributed by atoms with Crippen molar-refractivity contribution in [3.63, 3.8) is 0 Å². The normalized spacial score (nSPS) is 11.5. The van der Waals surface area contributed by atoms with Gasteiger partial charge in [-0.1, -0.05) is 51.1 Å². The highest BCUT2D eigenvalue weighted by atomic mass is 32.1. The molecule has 1 aromatic heterocycles. The van der Waals surface area contributed by atoms with E-state index in [0.29, 0.717) is 6.42 Å². The number of Topliss-reactive ketones (excluding diaryl/α,β-unsaturated/α-hetero) is 1. The molecule has 1 aromatic carbocycles. The zero-order chi connectivity index (χ0) is 13.2. The Morgan fingerprint density at radius 1 is 1.22 bits per heavy atom. The number of ketones is 1. The number of carbonyl (C=O) groups excluding carboxylic acids is 1. The lowest BCUT2D eigenvalue weighted by Gasteiger charge is -2.14. The topological polar surface area (TPSA) is 30.0 Å². The van der Waals surface area contributed by atoms with Crippen LogP contribution < -0.4 is 0 Å². The highest BCUT2D eigenvalue weighted by Crippen LogP contribution is 2.24. The van der Waals surface area contributed by atoms with Crippen molar-refractivity contribution in [2.45, 2.75) is 32.6 Å². The van der Waals surface area contributed by atoms with Crippen molar-refractivity contribution in [2.24, 2.45) is 0 Å². The molecule has 18 heavy (non-hydrogen) atoms. The third kappa shape index (κ3) is 3.05. The molecule has 0 saturated heterocycles. The van der Waals surface area contributed by atoms with E-state index in [4.69, 9.17) is 0 Å². The van der Waals surface area contributed by atoms with E-state index < -0.39 is 0 Å². The Labute approximate surface area is 112 Å². The van der Waals surface area contributed by atoms with E-state index in [0.717, 1.165) is 16.3 Å². The van der Waals surface area contributed by atoms with Crippen LogP contribution in [0.1, 0.15) is 41.8 Å². The van der Waals surface area contributed by atoms with Crippen LogP contribution in [-0.4, -0.2) is 10.8 Å². The van der Waals surface area contributed by atoms with Gasteiger partial charge in [-0.15, -0.1) is 11.3 Å². The molecule has 0 aliphatic carbocycles. The lowest BCUT2D eigenvalue weighted by atomic mass is 9.93. The van der Waals surface area contributed by atoms with Crippen LogP contribution in [0.5, 0.6) is 0 Å². The van der Waals surface area contributed by atoms with Crippen molar-refractivity contribution < 1.29 is 4.79 Å². The number of carbonyl (C=O) groups is 1. The third-order valence-corrected chi connectivity index (χ3v) is 3.58. The van der Waals surface area contributed by atoms with Crippen molar-refractivity contribution in [1.82, 2.24) is 4.98 Å². The molecule has 0 amide bonds. The van der Waals surface area contributed by atoms with E-state index in [1.807, 2.05) is 35.7 Å². The molecule has 0 spiro atoms. The highest BCUT2D eigenvalue weighted by molar-refractivity contribution is 7.09. The fourth-order valence-corrected chi connectivity index (χ4v) is 2.62. The van der Waals surface area contributed by atoms with Crippen LogP contribution in [-0.2, 0) is 11.8 Å². The Morgan fingerprint density at radius 2 is 1.89 bits per heavy atom. The molecule has 2 nitrogen and oxygen atoms in total. The first kappa shape index (κ1) is 13.0. The van der Waals surface area contributed by atoms with E-state index in [1.165, 1.54) is 0 Å². The number of hydrogen-bond donors (Lipinski definition) is 0. The minimum absolute atomic E-state index is 0.0462. The SMILES string of the molecule is CC(C)(C)c1csc(CC(=O)c2ccccc2)n1. The minimum Gasteiger partial charge on any atom is -0.294 e. The minimum atomic E-state index is 0.0462. The van der Waals surface area contributed by atoms with Gasteiger partial charge in [0.1, 0.15) is 5.01 Å². The van der Waals surface area contributed by atoms with Gasteiger partial charge in [-0.05, 0) is 0 Å². The monoisotopic (exact) mass is 259 g/mol. The molecule has 3 heteroatoms. The maximum atomic E-state index is 12.0. The summed E-state index contributed by atoms with van der Waals surface area (Å²) in [6.45, 7) is 6.39. The molecule has 2 rings (SSSR count). The Morgan fingerprint density at radius 3 is 2.44 bits per heavy atom. The summed E-state index contributed by atoms with van der Waals surface area (Å²) in [4.78, 5) is 16.6. The van der Waals surface area contributed by atoms with Crippen molar-refractivity contribution in [2.75, 3.05) is 0 Å². The predicted octanol–water partition coefficient (Wildman–Crippen LogP) is 3.87. The smallest absolute Gasteiger partial charge is 0.169 e. The maximum absolute atomic E-state index is 12.0. The summed E-state index contributed by atoms with van der Waals surface area (Å²) in [5.74, 6) is 0.130. The van der Waals surface area contributed by atoms with E-state index in [1.54, 1.807) is 11.3 Å². The fraction of sp³-hybridized carbons (Fsp3) is 0.333. The molecule has 0 aliphatic rings. The van der Waals surface area contributed by atoms with Crippen molar-refractivity contribution in [1.29, 1.82) is 0 Å². The molecule has 0 unspecified atom stereocenters. The average Bonchev–Trinajstić information content (AvgIpc) is 2.78. The standard InChI is InChI=1S/C15H17NOS/c1-15(2,3)13-10-18-14(16-13)9-12(17)11-7-5-4-6-8-11/h4-8,10H,9H2,1-3H3. The summed E-state index contributed by atoms with van der Waals surface area (Å²) >= 11 is 1.57. The van der Waals surface area contributed by atoms with Crippen LogP contribution >= 0.6 is 11.3 Å². The van der Waals surface area contributed by atoms with Gasteiger partial charge in [0, 0.05) is 16.4 Å². The van der Waals surface area contributed by atoms with Crippen LogP contribution in [0.15, 0.2) is 35.7 Å². The molecule has 0 saturated carbocycles. The zero-order valence-corrected chi connectivity index (χ0v) is 11.8. The number of nitrogens with zero attached hydrogens (tertiary/aromatic N) is 1. The van der Waals surface area contributed by atoms with Gasteiger partial charge in [0.15, 0.2) is 5.78 Å². The van der Waals surface area contributed by atoms with Gasteiger partial charge < -0.3 is 0 Å². The Bertz CT molecular complexity index is 537. The van der Waals surface area contributed by atoms with Gasteiger partial charge >= 0.3 is 0 Å². The molecule has 0 aliphatic heterocycles. The first-order chi connectivity index (χ1) is 8.47. The van der Waals surface area contributed by atoms with Crippen molar-refractivity contribution in [3.05, 3.63) is 52.0 Å². The van der Waals surface area contributed by atoms with Gasteiger partial charge in [0.25, 0.3) is 0 Å². The van der Waals surface area contributed by atoms with Crippen LogP contribution in [0.3, 0.4) is 0 Å². The number of benzene rings is 1. The molecule has 0 atom stereocenters. The summed E-state index contributed by atoms with van der Waals surface area (Å²) in [5.41, 5.74) is 1.86. The highest BCUT2D eigenvalue weighted by Gasteiger charge is 2.18. The summed E-state index contributed by atoms with van der Waals surface area (Å²) in [6, 6.07) is 9.38. The van der Waals surface area contributed by atoms with Crippen LogP contribution in [0.2, 0.25) is 0 Å². The first-order valence-electron chi connectivity index (χ1n) is 6.00. The van der Waals surface area contributed by atoms with Crippen molar-refractivity contribution in [3.8, 4) is 0 Å². The van der Waals surface area contributed by atoms with Gasteiger partial charge in [-0.25, -0.2) is 4.98 Å². The largest absolute Gasteiger partial charge is 0.294 e. The van der Waals surface area contributed by atoms with E-state index in [2.05, 4.69) is 25.8 Å². The summed E-state index contributed by atoms with van der Waals surface area (Å²) < 4.78 is 0. The second kappa shape index (κ2) is 5.02. The lowest BCUT2D eigenvalue weighted by molar-refractivity contribution is 0.0993. The molecular weight excluding hydrogens is 242 g/mol. The van der Waals surface area contributed by atoms with Gasteiger partial charge in [0.05, 0.1) is 12.1 Å². The van der Waals surface area contributed by atoms with Crippen LogP contribution in [0.4, 0.5) is 0 Å². The zero-order valence-electron chi connectivity index (χ0n) is 10.9. The number of thiazole rings is 1. The predicted molar refractivity (Wildman–Crippen MR) is 75.3 cm³/mol. The molecule has 0 N–H and O–H groups in total. The van der Waals surface area contributed by atoms with Crippen LogP contribution in [0, 0.1) is 0 Å². The second-order valence-electron chi connectivity index (χ2n) is 5.34. The van der Waals surface area contributed by atoms with Gasteiger partial charge in [-0.2, -0.15) is 0 Å². The summed E-state index contributed by atoms with van der Waals surface area (Å²) in [5, 5.41) is 2.95. The second-order valence-corrected chi connectivity index (χ2v) is 6.29. The number of rotatable bonds is 3. The Balaban J connectivity index is 2.11. The lowest BCUT2D eigenvalue weighted by Crippen LogP contribution is -2.12. The average molecular weight is 259 g/mol.